The molecule has 0 atom stereocenters. The minimum absolute atomic E-state index is 0.682. The molecule has 6 heteroatoms. The Balaban J connectivity index is 1.52. The van der Waals surface area contributed by atoms with Crippen LogP contribution < -0.4 is 0 Å². The molecule has 2 N–H and O–H groups in total. The summed E-state index contributed by atoms with van der Waals surface area (Å²) in [5.41, 5.74) is 7.66. The maximum Gasteiger partial charge on any atom is 0.181 e. The second-order valence-corrected chi connectivity index (χ2v) is 7.10. The van der Waals surface area contributed by atoms with Crippen LogP contribution in [0.25, 0.3) is 55.7 Å². The number of benzene rings is 1. The van der Waals surface area contributed by atoms with Crippen LogP contribution in [0.3, 0.4) is 0 Å². The Labute approximate surface area is 171 Å². The minimum Gasteiger partial charge on any atom is -0.353 e. The fraction of sp³-hybridized carbons (Fsp3) is 0. The molecule has 0 saturated heterocycles. The summed E-state index contributed by atoms with van der Waals surface area (Å²) in [6.07, 6.45) is 7.25. The topological polar surface area (TPSA) is 83.1 Å². The third-order valence-corrected chi connectivity index (χ3v) is 5.28. The standard InChI is InChI=1S/C24H16N6/c1-2-10-26-20(7-1)17-6-3-8-21-18(17)12-22(28-21)23-19-11-16(14-27-24(19)30-29-23)15-5-4-9-25-13-15/h1-14,28H,(H,27,29,30). The van der Waals surface area contributed by atoms with Crippen molar-refractivity contribution in [1.82, 2.24) is 30.1 Å². The van der Waals surface area contributed by atoms with Crippen molar-refractivity contribution in [2.75, 3.05) is 0 Å². The average molecular weight is 388 g/mol. The van der Waals surface area contributed by atoms with Gasteiger partial charge in [0.25, 0.3) is 0 Å². The SMILES string of the molecule is c1ccc(-c2cccc3[nH]c(-c4[nH]nc5ncc(-c6cccnc6)cc45)cc23)nc1. The zero-order valence-electron chi connectivity index (χ0n) is 15.9. The number of H-pyrrole nitrogens is 2. The number of pyridine rings is 3. The van der Waals surface area contributed by atoms with Crippen molar-refractivity contribution in [2.45, 2.75) is 0 Å². The van der Waals surface area contributed by atoms with Gasteiger partial charge in [0.05, 0.1) is 17.1 Å². The zero-order valence-corrected chi connectivity index (χ0v) is 15.9. The van der Waals surface area contributed by atoms with Crippen LogP contribution in [-0.2, 0) is 0 Å². The lowest BCUT2D eigenvalue weighted by atomic mass is 10.1. The molecule has 0 unspecified atom stereocenters. The van der Waals surface area contributed by atoms with Gasteiger partial charge >= 0.3 is 0 Å². The van der Waals surface area contributed by atoms with Gasteiger partial charge in [-0.3, -0.25) is 15.1 Å². The number of rotatable bonds is 3. The van der Waals surface area contributed by atoms with Gasteiger partial charge in [-0.15, -0.1) is 0 Å². The van der Waals surface area contributed by atoms with E-state index in [9.17, 15) is 0 Å². The third-order valence-electron chi connectivity index (χ3n) is 5.28. The third kappa shape index (κ3) is 2.66. The van der Waals surface area contributed by atoms with E-state index in [1.807, 2.05) is 55.0 Å². The molecule has 5 heterocycles. The normalized spacial score (nSPS) is 11.3. The van der Waals surface area contributed by atoms with Crippen molar-refractivity contribution < 1.29 is 0 Å². The lowest BCUT2D eigenvalue weighted by molar-refractivity contribution is 1.10. The number of aromatic nitrogens is 6. The van der Waals surface area contributed by atoms with Crippen molar-refractivity contribution in [1.29, 1.82) is 0 Å². The molecule has 6 nitrogen and oxygen atoms in total. The molecule has 1 aromatic carbocycles. The highest BCUT2D eigenvalue weighted by Gasteiger charge is 2.14. The fourth-order valence-corrected chi connectivity index (χ4v) is 3.83. The highest BCUT2D eigenvalue weighted by atomic mass is 15.2. The van der Waals surface area contributed by atoms with E-state index in [-0.39, 0.29) is 0 Å². The van der Waals surface area contributed by atoms with Gasteiger partial charge in [-0.05, 0) is 36.4 Å². The summed E-state index contributed by atoms with van der Waals surface area (Å²) in [6.45, 7) is 0. The maximum absolute atomic E-state index is 4.53. The smallest absolute Gasteiger partial charge is 0.181 e. The van der Waals surface area contributed by atoms with Gasteiger partial charge in [0.1, 0.15) is 0 Å². The summed E-state index contributed by atoms with van der Waals surface area (Å²) in [5, 5.41) is 9.63. The second kappa shape index (κ2) is 6.63. The number of hydrogen-bond donors (Lipinski definition) is 2. The Kier molecular flexibility index (Phi) is 3.67. The van der Waals surface area contributed by atoms with Crippen LogP contribution in [0.5, 0.6) is 0 Å². The molecule has 5 aromatic heterocycles. The highest BCUT2D eigenvalue weighted by molar-refractivity contribution is 6.00. The van der Waals surface area contributed by atoms with Crippen molar-refractivity contribution in [3.8, 4) is 33.8 Å². The molecular weight excluding hydrogens is 372 g/mol. The molecule has 0 fully saturated rings. The van der Waals surface area contributed by atoms with Gasteiger partial charge in [-0.1, -0.05) is 24.3 Å². The van der Waals surface area contributed by atoms with Gasteiger partial charge in [0, 0.05) is 57.8 Å². The van der Waals surface area contributed by atoms with Gasteiger partial charge in [-0.25, -0.2) is 4.98 Å². The summed E-state index contributed by atoms with van der Waals surface area (Å²) in [7, 11) is 0. The van der Waals surface area contributed by atoms with Gasteiger partial charge in [-0.2, -0.15) is 5.10 Å². The van der Waals surface area contributed by atoms with E-state index in [0.29, 0.717) is 5.65 Å². The Hall–Kier alpha value is -4.32. The van der Waals surface area contributed by atoms with Crippen LogP contribution in [0.4, 0.5) is 0 Å². The molecule has 0 radical (unpaired) electrons. The first-order valence-electron chi connectivity index (χ1n) is 9.65. The molecule has 0 amide bonds. The largest absolute Gasteiger partial charge is 0.353 e. The Morgan fingerprint density at radius 1 is 0.733 bits per heavy atom. The van der Waals surface area contributed by atoms with Gasteiger partial charge in [0.2, 0.25) is 0 Å². The first-order chi connectivity index (χ1) is 14.9. The van der Waals surface area contributed by atoms with E-state index in [4.69, 9.17) is 0 Å². The molecule has 6 rings (SSSR count). The van der Waals surface area contributed by atoms with Crippen molar-refractivity contribution >= 4 is 21.9 Å². The summed E-state index contributed by atoms with van der Waals surface area (Å²) in [6, 6.07) is 20.4. The second-order valence-electron chi connectivity index (χ2n) is 7.10. The lowest BCUT2D eigenvalue weighted by Crippen LogP contribution is -1.83. The predicted molar refractivity (Wildman–Crippen MR) is 118 cm³/mol. The van der Waals surface area contributed by atoms with E-state index in [1.165, 1.54) is 0 Å². The molecule has 30 heavy (non-hydrogen) atoms. The summed E-state index contributed by atoms with van der Waals surface area (Å²) >= 11 is 0. The lowest BCUT2D eigenvalue weighted by Gasteiger charge is -2.01. The zero-order chi connectivity index (χ0) is 19.9. The van der Waals surface area contributed by atoms with E-state index in [0.717, 1.165) is 50.1 Å². The molecule has 6 aromatic rings. The first-order valence-corrected chi connectivity index (χ1v) is 9.65. The number of nitrogens with zero attached hydrogens (tertiary/aromatic N) is 4. The summed E-state index contributed by atoms with van der Waals surface area (Å²) in [4.78, 5) is 16.8. The highest BCUT2D eigenvalue weighted by Crippen LogP contribution is 2.34. The maximum atomic E-state index is 4.53. The van der Waals surface area contributed by atoms with E-state index in [2.05, 4.69) is 54.4 Å². The Morgan fingerprint density at radius 2 is 1.73 bits per heavy atom. The van der Waals surface area contributed by atoms with Crippen LogP contribution in [0, 0.1) is 0 Å². The van der Waals surface area contributed by atoms with Crippen LogP contribution in [0.2, 0.25) is 0 Å². The van der Waals surface area contributed by atoms with Crippen molar-refractivity contribution in [3.63, 3.8) is 0 Å². The predicted octanol–water partition coefficient (Wildman–Crippen LogP) is 5.23. The van der Waals surface area contributed by atoms with Gasteiger partial charge in [0.15, 0.2) is 5.65 Å². The summed E-state index contributed by atoms with van der Waals surface area (Å²) < 4.78 is 0. The molecule has 0 spiro atoms. The quantitative estimate of drug-likeness (QED) is 0.435. The average Bonchev–Trinajstić information content (AvgIpc) is 3.43. The number of aromatic amines is 2. The molecule has 0 aliphatic heterocycles. The summed E-state index contributed by atoms with van der Waals surface area (Å²) in [5.74, 6) is 0. The van der Waals surface area contributed by atoms with E-state index in [1.54, 1.807) is 6.20 Å². The van der Waals surface area contributed by atoms with E-state index < -0.39 is 0 Å². The van der Waals surface area contributed by atoms with E-state index >= 15 is 0 Å². The Bertz CT molecular complexity index is 1480. The number of hydrogen-bond acceptors (Lipinski definition) is 4. The van der Waals surface area contributed by atoms with Gasteiger partial charge < -0.3 is 4.98 Å². The molecule has 0 aliphatic carbocycles. The number of fused-ring (bicyclic) bond motifs is 2. The molecular formula is C24H16N6. The molecule has 0 aliphatic rings. The monoisotopic (exact) mass is 388 g/mol. The number of nitrogens with one attached hydrogen (secondary N) is 2. The van der Waals surface area contributed by atoms with Crippen LogP contribution in [-0.4, -0.2) is 30.1 Å². The molecule has 0 bridgehead atoms. The Morgan fingerprint density at radius 3 is 2.60 bits per heavy atom. The molecule has 142 valence electrons. The first kappa shape index (κ1) is 16.6. The molecule has 0 saturated carbocycles. The van der Waals surface area contributed by atoms with Crippen molar-refractivity contribution in [2.24, 2.45) is 0 Å². The van der Waals surface area contributed by atoms with Crippen molar-refractivity contribution in [3.05, 3.63) is 85.5 Å². The minimum atomic E-state index is 0.682. The van der Waals surface area contributed by atoms with Crippen LogP contribution in [0.15, 0.2) is 85.5 Å². The van der Waals surface area contributed by atoms with Crippen LogP contribution >= 0.6 is 0 Å². The fourth-order valence-electron chi connectivity index (χ4n) is 3.83. The van der Waals surface area contributed by atoms with Crippen LogP contribution in [0.1, 0.15) is 0 Å².